The summed E-state index contributed by atoms with van der Waals surface area (Å²) in [6.07, 6.45) is 3.30. The van der Waals surface area contributed by atoms with Crippen molar-refractivity contribution in [3.63, 3.8) is 0 Å². The molecule has 2 aromatic heterocycles. The Morgan fingerprint density at radius 3 is 2.94 bits per heavy atom. The average Bonchev–Trinajstić information content (AvgIpc) is 2.28. The van der Waals surface area contributed by atoms with Crippen LogP contribution in [0.25, 0.3) is 0 Å². The largest absolute Gasteiger partial charge is 0.364 e. The van der Waals surface area contributed by atoms with Gasteiger partial charge in [0.15, 0.2) is 0 Å². The Morgan fingerprint density at radius 2 is 2.19 bits per heavy atom. The van der Waals surface area contributed by atoms with Crippen molar-refractivity contribution in [1.29, 1.82) is 0 Å². The highest BCUT2D eigenvalue weighted by Gasteiger charge is 2.00. The van der Waals surface area contributed by atoms with Crippen LogP contribution in [0.2, 0.25) is 0 Å². The van der Waals surface area contributed by atoms with E-state index >= 15 is 0 Å². The molecule has 0 bridgehead atoms. The minimum Gasteiger partial charge on any atom is -0.364 e. The zero-order valence-corrected chi connectivity index (χ0v) is 10.4. The summed E-state index contributed by atoms with van der Waals surface area (Å²) in [5.41, 5.74) is 2.19. The standard InChI is InChI=1S/C11H11BrN4/c1-8-3-2-4-13-9(8)6-14-11-5-10(12)15-7-16-11/h2-5,7H,6H2,1H3,(H,14,15,16). The first-order valence-electron chi connectivity index (χ1n) is 4.87. The highest BCUT2D eigenvalue weighted by Crippen LogP contribution is 2.11. The van der Waals surface area contributed by atoms with Crippen molar-refractivity contribution in [1.82, 2.24) is 15.0 Å². The van der Waals surface area contributed by atoms with Crippen molar-refractivity contribution in [2.75, 3.05) is 5.32 Å². The van der Waals surface area contributed by atoms with E-state index < -0.39 is 0 Å². The van der Waals surface area contributed by atoms with Gasteiger partial charge in [0.2, 0.25) is 0 Å². The van der Waals surface area contributed by atoms with Crippen molar-refractivity contribution < 1.29 is 0 Å². The number of pyridine rings is 1. The molecule has 4 nitrogen and oxygen atoms in total. The second-order valence-corrected chi connectivity index (χ2v) is 4.16. The molecule has 0 aliphatic carbocycles. The summed E-state index contributed by atoms with van der Waals surface area (Å²) in [7, 11) is 0. The summed E-state index contributed by atoms with van der Waals surface area (Å²) < 4.78 is 0.766. The lowest BCUT2D eigenvalue weighted by atomic mass is 10.2. The first kappa shape index (κ1) is 11.0. The molecule has 0 aliphatic heterocycles. The predicted octanol–water partition coefficient (Wildman–Crippen LogP) is 2.55. The fourth-order valence-corrected chi connectivity index (χ4v) is 1.62. The monoisotopic (exact) mass is 278 g/mol. The first-order chi connectivity index (χ1) is 7.75. The van der Waals surface area contributed by atoms with Gasteiger partial charge in [-0.25, -0.2) is 9.97 Å². The van der Waals surface area contributed by atoms with Crippen LogP contribution in [-0.2, 0) is 6.54 Å². The fourth-order valence-electron chi connectivity index (χ4n) is 1.31. The van der Waals surface area contributed by atoms with Crippen LogP contribution >= 0.6 is 15.9 Å². The minimum atomic E-state index is 0.663. The van der Waals surface area contributed by atoms with Gasteiger partial charge in [-0.2, -0.15) is 0 Å². The molecule has 0 amide bonds. The van der Waals surface area contributed by atoms with Crippen LogP contribution in [0.15, 0.2) is 35.3 Å². The van der Waals surface area contributed by atoms with Gasteiger partial charge in [-0.15, -0.1) is 0 Å². The molecular weight excluding hydrogens is 268 g/mol. The molecule has 0 saturated carbocycles. The Hall–Kier alpha value is -1.49. The van der Waals surface area contributed by atoms with E-state index in [2.05, 4.69) is 36.2 Å². The van der Waals surface area contributed by atoms with Gasteiger partial charge in [0, 0.05) is 12.3 Å². The molecule has 5 heteroatoms. The Balaban J connectivity index is 2.05. The first-order valence-corrected chi connectivity index (χ1v) is 5.67. The summed E-state index contributed by atoms with van der Waals surface area (Å²) >= 11 is 3.30. The topological polar surface area (TPSA) is 50.7 Å². The quantitative estimate of drug-likeness (QED) is 0.877. The molecule has 0 radical (unpaired) electrons. The smallest absolute Gasteiger partial charge is 0.130 e. The van der Waals surface area contributed by atoms with Gasteiger partial charge >= 0.3 is 0 Å². The van der Waals surface area contributed by atoms with E-state index in [-0.39, 0.29) is 0 Å². The molecule has 0 saturated heterocycles. The molecule has 2 rings (SSSR count). The van der Waals surface area contributed by atoms with Crippen LogP contribution in [0.3, 0.4) is 0 Å². The summed E-state index contributed by atoms with van der Waals surface area (Å²) in [4.78, 5) is 12.4. The van der Waals surface area contributed by atoms with Crippen molar-refractivity contribution in [3.8, 4) is 0 Å². The van der Waals surface area contributed by atoms with Crippen LogP contribution in [-0.4, -0.2) is 15.0 Å². The Kier molecular flexibility index (Phi) is 3.46. The lowest BCUT2D eigenvalue weighted by Gasteiger charge is -2.06. The molecule has 0 atom stereocenters. The highest BCUT2D eigenvalue weighted by atomic mass is 79.9. The van der Waals surface area contributed by atoms with Gasteiger partial charge in [0.05, 0.1) is 12.2 Å². The Bertz CT molecular complexity index is 487. The molecule has 0 unspecified atom stereocenters. The number of anilines is 1. The molecule has 1 N–H and O–H groups in total. The van der Waals surface area contributed by atoms with Crippen molar-refractivity contribution in [2.45, 2.75) is 13.5 Å². The molecule has 0 aliphatic rings. The summed E-state index contributed by atoms with van der Waals surface area (Å²) in [5, 5.41) is 3.20. The summed E-state index contributed by atoms with van der Waals surface area (Å²) in [6, 6.07) is 5.80. The number of aromatic nitrogens is 3. The normalized spacial score (nSPS) is 10.1. The second kappa shape index (κ2) is 5.03. The highest BCUT2D eigenvalue weighted by molar-refractivity contribution is 9.10. The number of rotatable bonds is 3. The molecule has 0 aromatic carbocycles. The van der Waals surface area contributed by atoms with Gasteiger partial charge in [-0.3, -0.25) is 4.98 Å². The van der Waals surface area contributed by atoms with Gasteiger partial charge in [-0.1, -0.05) is 6.07 Å². The molecule has 0 fully saturated rings. The number of hydrogen-bond acceptors (Lipinski definition) is 4. The van der Waals surface area contributed by atoms with Crippen LogP contribution < -0.4 is 5.32 Å². The molecule has 16 heavy (non-hydrogen) atoms. The Morgan fingerprint density at radius 1 is 1.31 bits per heavy atom. The van der Waals surface area contributed by atoms with E-state index in [0.717, 1.165) is 16.1 Å². The third-order valence-electron chi connectivity index (χ3n) is 2.19. The SMILES string of the molecule is Cc1cccnc1CNc1cc(Br)ncn1. The zero-order chi connectivity index (χ0) is 11.4. The molecule has 82 valence electrons. The van der Waals surface area contributed by atoms with Crippen LogP contribution in [0.4, 0.5) is 5.82 Å². The van der Waals surface area contributed by atoms with Crippen LogP contribution in [0.5, 0.6) is 0 Å². The number of hydrogen-bond donors (Lipinski definition) is 1. The third-order valence-corrected chi connectivity index (χ3v) is 2.62. The number of nitrogens with zero attached hydrogens (tertiary/aromatic N) is 3. The van der Waals surface area contributed by atoms with Gasteiger partial charge in [0.25, 0.3) is 0 Å². The Labute approximate surface area is 102 Å². The number of halogens is 1. The third kappa shape index (κ3) is 2.76. The maximum absolute atomic E-state index is 4.30. The maximum atomic E-state index is 4.30. The van der Waals surface area contributed by atoms with Gasteiger partial charge < -0.3 is 5.32 Å². The van der Waals surface area contributed by atoms with Crippen molar-refractivity contribution in [3.05, 3.63) is 46.6 Å². The van der Waals surface area contributed by atoms with E-state index in [0.29, 0.717) is 6.54 Å². The van der Waals surface area contributed by atoms with Gasteiger partial charge in [-0.05, 0) is 34.5 Å². The summed E-state index contributed by atoms with van der Waals surface area (Å²) in [5.74, 6) is 0.784. The van der Waals surface area contributed by atoms with E-state index in [1.165, 1.54) is 11.9 Å². The van der Waals surface area contributed by atoms with E-state index in [4.69, 9.17) is 0 Å². The van der Waals surface area contributed by atoms with E-state index in [9.17, 15) is 0 Å². The number of nitrogens with one attached hydrogen (secondary N) is 1. The zero-order valence-electron chi connectivity index (χ0n) is 8.81. The van der Waals surface area contributed by atoms with E-state index in [1.807, 2.05) is 25.1 Å². The molecule has 2 aromatic rings. The van der Waals surface area contributed by atoms with Gasteiger partial charge in [0.1, 0.15) is 16.7 Å². The van der Waals surface area contributed by atoms with Crippen LogP contribution in [0.1, 0.15) is 11.3 Å². The lowest BCUT2D eigenvalue weighted by molar-refractivity contribution is 0.996. The minimum absolute atomic E-state index is 0.663. The lowest BCUT2D eigenvalue weighted by Crippen LogP contribution is -2.04. The van der Waals surface area contributed by atoms with Crippen molar-refractivity contribution in [2.24, 2.45) is 0 Å². The fraction of sp³-hybridized carbons (Fsp3) is 0.182. The molecule has 2 heterocycles. The molecular formula is C11H11BrN4. The average molecular weight is 279 g/mol. The maximum Gasteiger partial charge on any atom is 0.130 e. The summed E-state index contributed by atoms with van der Waals surface area (Å²) in [6.45, 7) is 2.70. The van der Waals surface area contributed by atoms with Crippen LogP contribution in [0, 0.1) is 6.92 Å². The predicted molar refractivity (Wildman–Crippen MR) is 66.0 cm³/mol. The van der Waals surface area contributed by atoms with Crippen molar-refractivity contribution >= 4 is 21.7 Å². The second-order valence-electron chi connectivity index (χ2n) is 3.35. The number of aryl methyl sites for hydroxylation is 1. The van der Waals surface area contributed by atoms with E-state index in [1.54, 1.807) is 6.20 Å². The molecule has 0 spiro atoms.